The summed E-state index contributed by atoms with van der Waals surface area (Å²) in [6.45, 7) is 4.02. The number of aliphatic hydroxyl groups excluding tert-OH is 1. The summed E-state index contributed by atoms with van der Waals surface area (Å²) in [5.74, 6) is -1.01. The van der Waals surface area contributed by atoms with Crippen LogP contribution in [0.15, 0.2) is 42.0 Å². The number of likely N-dealkylation sites (N-methyl/N-ethyl adjacent to an activating group) is 1. The molecule has 0 fully saturated rings. The van der Waals surface area contributed by atoms with Crippen molar-refractivity contribution in [2.75, 3.05) is 18.6 Å². The van der Waals surface area contributed by atoms with Gasteiger partial charge in [0, 0.05) is 18.7 Å². The first-order valence-electron chi connectivity index (χ1n) is 9.32. The molecule has 0 aliphatic carbocycles. The summed E-state index contributed by atoms with van der Waals surface area (Å²) in [5, 5.41) is 13.2. The number of nitrogens with one attached hydrogen (secondary N) is 1. The number of hydrogen-bond acceptors (Lipinski definition) is 4. The summed E-state index contributed by atoms with van der Waals surface area (Å²) >= 11 is 0. The Balaban J connectivity index is 2.12. The minimum absolute atomic E-state index is 0.0134. The predicted octanol–water partition coefficient (Wildman–Crippen LogP) is 3.48. The van der Waals surface area contributed by atoms with Crippen molar-refractivity contribution in [1.29, 1.82) is 0 Å². The second-order valence-electron chi connectivity index (χ2n) is 6.76. The van der Waals surface area contributed by atoms with Crippen LogP contribution in [0.3, 0.4) is 0 Å². The Morgan fingerprint density at radius 3 is 2.69 bits per heavy atom. The molecule has 152 valence electrons. The molecule has 2 aromatic carbocycles. The Morgan fingerprint density at radius 2 is 2.03 bits per heavy atom. The van der Waals surface area contributed by atoms with Gasteiger partial charge in [0.2, 0.25) is 5.91 Å². The van der Waals surface area contributed by atoms with Crippen molar-refractivity contribution >= 4 is 23.3 Å². The number of aliphatic hydroxyl groups is 1. The SMILES string of the molecule is CCOc1ccc2c(c1)N(Cc1ccc(C)c(F)c1)C(=O)CC(C(=O)NC)=C2O. The van der Waals surface area contributed by atoms with Gasteiger partial charge in [0.05, 0.1) is 30.8 Å². The van der Waals surface area contributed by atoms with Crippen LogP contribution in [-0.2, 0) is 16.1 Å². The van der Waals surface area contributed by atoms with Gasteiger partial charge in [0.1, 0.15) is 17.3 Å². The highest BCUT2D eigenvalue weighted by atomic mass is 19.1. The fraction of sp³-hybridized carbons (Fsp3) is 0.273. The van der Waals surface area contributed by atoms with Gasteiger partial charge in [-0.25, -0.2) is 4.39 Å². The molecule has 0 radical (unpaired) electrons. The molecule has 0 bridgehead atoms. The van der Waals surface area contributed by atoms with E-state index < -0.39 is 5.91 Å². The van der Waals surface area contributed by atoms with E-state index in [9.17, 15) is 19.1 Å². The van der Waals surface area contributed by atoms with Crippen LogP contribution in [0, 0.1) is 12.7 Å². The normalized spacial score (nSPS) is 13.8. The number of fused-ring (bicyclic) bond motifs is 1. The van der Waals surface area contributed by atoms with Gasteiger partial charge in [0.25, 0.3) is 5.91 Å². The summed E-state index contributed by atoms with van der Waals surface area (Å²) in [4.78, 5) is 26.7. The summed E-state index contributed by atoms with van der Waals surface area (Å²) in [6, 6.07) is 9.70. The van der Waals surface area contributed by atoms with Crippen LogP contribution in [0.25, 0.3) is 5.76 Å². The second-order valence-corrected chi connectivity index (χ2v) is 6.76. The molecule has 7 heteroatoms. The number of benzene rings is 2. The van der Waals surface area contributed by atoms with Gasteiger partial charge in [0.15, 0.2) is 0 Å². The molecule has 0 unspecified atom stereocenters. The van der Waals surface area contributed by atoms with E-state index in [1.165, 1.54) is 18.0 Å². The largest absolute Gasteiger partial charge is 0.507 e. The van der Waals surface area contributed by atoms with Crippen molar-refractivity contribution in [3.63, 3.8) is 0 Å². The molecule has 0 saturated heterocycles. The van der Waals surface area contributed by atoms with Gasteiger partial charge in [-0.3, -0.25) is 9.59 Å². The Morgan fingerprint density at radius 1 is 1.28 bits per heavy atom. The van der Waals surface area contributed by atoms with Crippen molar-refractivity contribution in [2.45, 2.75) is 26.8 Å². The van der Waals surface area contributed by atoms with Crippen molar-refractivity contribution in [3.8, 4) is 5.75 Å². The van der Waals surface area contributed by atoms with Gasteiger partial charge in [-0.2, -0.15) is 0 Å². The van der Waals surface area contributed by atoms with Gasteiger partial charge in [-0.05, 0) is 43.2 Å². The molecule has 1 heterocycles. The number of hydrogen-bond donors (Lipinski definition) is 2. The van der Waals surface area contributed by atoms with Crippen LogP contribution in [0.1, 0.15) is 30.0 Å². The van der Waals surface area contributed by atoms with E-state index in [-0.39, 0.29) is 36.0 Å². The zero-order chi connectivity index (χ0) is 21.1. The molecular weight excluding hydrogens is 375 g/mol. The van der Waals surface area contributed by atoms with Crippen LogP contribution >= 0.6 is 0 Å². The van der Waals surface area contributed by atoms with Crippen molar-refractivity contribution in [2.24, 2.45) is 0 Å². The number of anilines is 1. The molecule has 29 heavy (non-hydrogen) atoms. The van der Waals surface area contributed by atoms with E-state index in [4.69, 9.17) is 4.74 Å². The minimum atomic E-state index is -0.529. The molecule has 1 aliphatic rings. The van der Waals surface area contributed by atoms with Gasteiger partial charge in [-0.1, -0.05) is 12.1 Å². The Hall–Kier alpha value is -3.35. The number of rotatable bonds is 5. The number of ether oxygens (including phenoxy) is 1. The molecular formula is C22H23FN2O4. The van der Waals surface area contributed by atoms with Crippen molar-refractivity contribution in [3.05, 3.63) is 64.5 Å². The van der Waals surface area contributed by atoms with E-state index in [0.29, 0.717) is 34.7 Å². The topological polar surface area (TPSA) is 78.9 Å². The standard InChI is InChI=1S/C22H23FN2O4/c1-4-29-15-7-8-16-19(10-15)25(12-14-6-5-13(2)18(23)9-14)20(26)11-17(21(16)27)22(28)24-3/h5-10,27H,4,11-12H2,1-3H3,(H,24,28). The molecule has 0 aromatic heterocycles. The first-order valence-corrected chi connectivity index (χ1v) is 9.32. The number of amides is 2. The van der Waals surface area contributed by atoms with Crippen LogP contribution in [-0.4, -0.2) is 30.6 Å². The maximum absolute atomic E-state index is 14.0. The lowest BCUT2D eigenvalue weighted by Gasteiger charge is -2.24. The molecule has 0 spiro atoms. The maximum Gasteiger partial charge on any atom is 0.251 e. The number of carbonyl (C=O) groups is 2. The average Bonchev–Trinajstić information content (AvgIpc) is 2.80. The van der Waals surface area contributed by atoms with E-state index in [1.807, 2.05) is 6.92 Å². The minimum Gasteiger partial charge on any atom is -0.507 e. The second kappa shape index (κ2) is 8.34. The summed E-state index contributed by atoms with van der Waals surface area (Å²) in [5.41, 5.74) is 1.83. The molecule has 0 atom stereocenters. The first kappa shape index (κ1) is 20.4. The third kappa shape index (κ3) is 4.08. The zero-order valence-electron chi connectivity index (χ0n) is 16.6. The zero-order valence-corrected chi connectivity index (χ0v) is 16.6. The quantitative estimate of drug-likeness (QED) is 0.808. The highest BCUT2D eigenvalue weighted by Gasteiger charge is 2.31. The molecule has 2 N–H and O–H groups in total. The summed E-state index contributed by atoms with van der Waals surface area (Å²) in [7, 11) is 1.43. The third-order valence-electron chi connectivity index (χ3n) is 4.82. The number of halogens is 1. The smallest absolute Gasteiger partial charge is 0.251 e. The van der Waals surface area contributed by atoms with E-state index >= 15 is 0 Å². The fourth-order valence-electron chi connectivity index (χ4n) is 3.25. The Labute approximate surface area is 168 Å². The van der Waals surface area contributed by atoms with Gasteiger partial charge >= 0.3 is 0 Å². The van der Waals surface area contributed by atoms with Crippen molar-refractivity contribution in [1.82, 2.24) is 5.32 Å². The molecule has 1 aliphatic heterocycles. The van der Waals surface area contributed by atoms with Crippen LogP contribution < -0.4 is 15.0 Å². The van der Waals surface area contributed by atoms with E-state index in [1.54, 1.807) is 37.3 Å². The maximum atomic E-state index is 14.0. The predicted molar refractivity (Wildman–Crippen MR) is 108 cm³/mol. The third-order valence-corrected chi connectivity index (χ3v) is 4.82. The average molecular weight is 398 g/mol. The monoisotopic (exact) mass is 398 g/mol. The number of carbonyl (C=O) groups excluding carboxylic acids is 2. The van der Waals surface area contributed by atoms with Crippen LogP contribution in [0.4, 0.5) is 10.1 Å². The highest BCUT2D eigenvalue weighted by Crippen LogP contribution is 2.37. The first-order chi connectivity index (χ1) is 13.8. The fourth-order valence-corrected chi connectivity index (χ4v) is 3.25. The molecule has 0 saturated carbocycles. The summed E-state index contributed by atoms with van der Waals surface area (Å²) in [6.07, 6.45) is -0.279. The number of nitrogens with zero attached hydrogens (tertiary/aromatic N) is 1. The molecule has 3 rings (SSSR count). The highest BCUT2D eigenvalue weighted by molar-refractivity contribution is 6.10. The lowest BCUT2D eigenvalue weighted by atomic mass is 10.0. The lowest BCUT2D eigenvalue weighted by Crippen LogP contribution is -2.31. The Kier molecular flexibility index (Phi) is 5.87. The molecule has 2 amide bonds. The van der Waals surface area contributed by atoms with Crippen LogP contribution in [0.2, 0.25) is 0 Å². The number of aryl methyl sites for hydroxylation is 1. The summed E-state index contributed by atoms with van der Waals surface area (Å²) < 4.78 is 19.6. The molecule has 6 nitrogen and oxygen atoms in total. The van der Waals surface area contributed by atoms with E-state index in [0.717, 1.165) is 0 Å². The lowest BCUT2D eigenvalue weighted by molar-refractivity contribution is -0.121. The van der Waals surface area contributed by atoms with E-state index in [2.05, 4.69) is 5.32 Å². The van der Waals surface area contributed by atoms with Crippen molar-refractivity contribution < 1.29 is 23.8 Å². The molecule has 2 aromatic rings. The van der Waals surface area contributed by atoms with Crippen LogP contribution in [0.5, 0.6) is 5.75 Å². The van der Waals surface area contributed by atoms with Gasteiger partial charge in [-0.15, -0.1) is 0 Å². The Bertz CT molecular complexity index is 1000. The van der Waals surface area contributed by atoms with Gasteiger partial charge < -0.3 is 20.1 Å².